The van der Waals surface area contributed by atoms with E-state index in [1.165, 1.54) is 0 Å². The summed E-state index contributed by atoms with van der Waals surface area (Å²) in [5.74, 6) is -0.103. The Labute approximate surface area is 130 Å². The van der Waals surface area contributed by atoms with Crippen LogP contribution in [-0.2, 0) is 4.74 Å². The number of nitrogens with zero attached hydrogens (tertiary/aromatic N) is 1. The summed E-state index contributed by atoms with van der Waals surface area (Å²) in [4.78, 5) is 14.3. The molecule has 1 aliphatic rings. The topological polar surface area (TPSA) is 29.5 Å². The molecular weight excluding hydrogens is 353 g/mol. The highest BCUT2D eigenvalue weighted by Gasteiger charge is 2.29. The highest BCUT2D eigenvalue weighted by molar-refractivity contribution is 9.09. The summed E-state index contributed by atoms with van der Waals surface area (Å²) in [7, 11) is 0. The standard InChI is InChI=1S/C13H14BrCl2NO2/c1-8-6-17(7-10(5-14)19-8)13(18)11-4-9(15)2-3-12(11)16/h2-4,8,10H,5-7H2,1H3. The number of hydrogen-bond donors (Lipinski definition) is 0. The number of carbonyl (C=O) groups is 1. The van der Waals surface area contributed by atoms with Crippen LogP contribution in [0.5, 0.6) is 0 Å². The van der Waals surface area contributed by atoms with Crippen molar-refractivity contribution in [3.8, 4) is 0 Å². The fourth-order valence-electron chi connectivity index (χ4n) is 2.13. The molecule has 2 unspecified atom stereocenters. The summed E-state index contributed by atoms with van der Waals surface area (Å²) in [6, 6.07) is 4.92. The molecule has 0 aromatic heterocycles. The van der Waals surface area contributed by atoms with Crippen LogP contribution in [0.4, 0.5) is 0 Å². The van der Waals surface area contributed by atoms with Gasteiger partial charge in [-0.05, 0) is 25.1 Å². The van der Waals surface area contributed by atoms with E-state index < -0.39 is 0 Å². The van der Waals surface area contributed by atoms with Crippen molar-refractivity contribution in [2.45, 2.75) is 19.1 Å². The van der Waals surface area contributed by atoms with Crippen LogP contribution >= 0.6 is 39.1 Å². The Hall–Kier alpha value is -0.290. The van der Waals surface area contributed by atoms with Gasteiger partial charge in [-0.1, -0.05) is 39.1 Å². The van der Waals surface area contributed by atoms with Gasteiger partial charge in [0.25, 0.3) is 5.91 Å². The first-order valence-corrected chi connectivity index (χ1v) is 7.84. The maximum Gasteiger partial charge on any atom is 0.255 e. The Kier molecular flexibility index (Phi) is 5.12. The summed E-state index contributed by atoms with van der Waals surface area (Å²) in [5, 5.41) is 1.62. The van der Waals surface area contributed by atoms with Crippen molar-refractivity contribution in [3.63, 3.8) is 0 Å². The molecule has 1 aromatic rings. The Morgan fingerprint density at radius 3 is 2.89 bits per heavy atom. The lowest BCUT2D eigenvalue weighted by atomic mass is 10.1. The van der Waals surface area contributed by atoms with E-state index in [9.17, 15) is 4.79 Å². The summed E-state index contributed by atoms with van der Waals surface area (Å²) in [6.45, 7) is 3.07. The second-order valence-electron chi connectivity index (χ2n) is 4.56. The lowest BCUT2D eigenvalue weighted by Gasteiger charge is -2.36. The molecule has 3 nitrogen and oxygen atoms in total. The van der Waals surface area contributed by atoms with Gasteiger partial charge < -0.3 is 9.64 Å². The van der Waals surface area contributed by atoms with E-state index in [1.54, 1.807) is 23.1 Å². The van der Waals surface area contributed by atoms with Crippen molar-refractivity contribution in [1.82, 2.24) is 4.90 Å². The van der Waals surface area contributed by atoms with Gasteiger partial charge in [0.1, 0.15) is 0 Å². The third kappa shape index (κ3) is 3.63. The molecule has 1 aromatic carbocycles. The van der Waals surface area contributed by atoms with E-state index in [1.807, 2.05) is 6.92 Å². The molecule has 0 N–H and O–H groups in total. The van der Waals surface area contributed by atoms with E-state index in [4.69, 9.17) is 27.9 Å². The normalized spacial score (nSPS) is 23.5. The lowest BCUT2D eigenvalue weighted by molar-refractivity contribution is -0.0559. The molecular formula is C13H14BrCl2NO2. The van der Waals surface area contributed by atoms with E-state index >= 15 is 0 Å². The van der Waals surface area contributed by atoms with Crippen LogP contribution in [-0.4, -0.2) is 41.4 Å². The monoisotopic (exact) mass is 365 g/mol. The molecule has 6 heteroatoms. The number of alkyl halides is 1. The SMILES string of the molecule is CC1CN(C(=O)c2cc(Cl)ccc2Cl)CC(CBr)O1. The number of ether oxygens (including phenoxy) is 1. The molecule has 0 radical (unpaired) electrons. The fourth-order valence-corrected chi connectivity index (χ4v) is 2.86. The van der Waals surface area contributed by atoms with Crippen molar-refractivity contribution < 1.29 is 9.53 Å². The van der Waals surface area contributed by atoms with Crippen molar-refractivity contribution in [3.05, 3.63) is 33.8 Å². The van der Waals surface area contributed by atoms with Gasteiger partial charge in [-0.15, -0.1) is 0 Å². The van der Waals surface area contributed by atoms with Crippen molar-refractivity contribution in [2.75, 3.05) is 18.4 Å². The average Bonchev–Trinajstić information content (AvgIpc) is 2.40. The first kappa shape index (κ1) is 15.1. The molecule has 0 bridgehead atoms. The molecule has 1 heterocycles. The molecule has 2 rings (SSSR count). The van der Waals surface area contributed by atoms with Gasteiger partial charge >= 0.3 is 0 Å². The Bertz CT molecular complexity index is 484. The lowest BCUT2D eigenvalue weighted by Crippen LogP contribution is -2.49. The van der Waals surface area contributed by atoms with E-state index in [-0.39, 0.29) is 18.1 Å². The van der Waals surface area contributed by atoms with Gasteiger partial charge in [0.05, 0.1) is 22.8 Å². The number of rotatable bonds is 2. The summed E-state index contributed by atoms with van der Waals surface area (Å²) >= 11 is 15.4. The molecule has 0 aliphatic carbocycles. The quantitative estimate of drug-likeness (QED) is 0.748. The average molecular weight is 367 g/mol. The Balaban J connectivity index is 2.21. The third-order valence-corrected chi connectivity index (χ3v) is 4.23. The highest BCUT2D eigenvalue weighted by Crippen LogP contribution is 2.24. The third-order valence-electron chi connectivity index (χ3n) is 2.94. The minimum Gasteiger partial charge on any atom is -0.371 e. The molecule has 0 spiro atoms. The van der Waals surface area contributed by atoms with Crippen LogP contribution in [0.3, 0.4) is 0 Å². The summed E-state index contributed by atoms with van der Waals surface area (Å²) in [6.07, 6.45) is 0.0175. The highest BCUT2D eigenvalue weighted by atomic mass is 79.9. The number of hydrogen-bond acceptors (Lipinski definition) is 2. The largest absolute Gasteiger partial charge is 0.371 e. The van der Waals surface area contributed by atoms with Crippen LogP contribution in [0.1, 0.15) is 17.3 Å². The second kappa shape index (κ2) is 6.44. The van der Waals surface area contributed by atoms with Crippen molar-refractivity contribution in [1.29, 1.82) is 0 Å². The summed E-state index contributed by atoms with van der Waals surface area (Å²) in [5.41, 5.74) is 0.441. The summed E-state index contributed by atoms with van der Waals surface area (Å²) < 4.78 is 5.71. The van der Waals surface area contributed by atoms with Crippen LogP contribution in [0.25, 0.3) is 0 Å². The molecule has 0 saturated carbocycles. The Morgan fingerprint density at radius 2 is 2.21 bits per heavy atom. The van der Waals surface area contributed by atoms with Crippen LogP contribution in [0, 0.1) is 0 Å². The number of amides is 1. The molecule has 2 atom stereocenters. The smallest absolute Gasteiger partial charge is 0.255 e. The van der Waals surface area contributed by atoms with Crippen LogP contribution in [0.15, 0.2) is 18.2 Å². The van der Waals surface area contributed by atoms with Gasteiger partial charge in [-0.25, -0.2) is 0 Å². The molecule has 1 saturated heterocycles. The molecule has 19 heavy (non-hydrogen) atoms. The first-order chi connectivity index (χ1) is 9.01. The van der Waals surface area contributed by atoms with E-state index in [0.717, 1.165) is 0 Å². The van der Waals surface area contributed by atoms with Crippen molar-refractivity contribution in [2.24, 2.45) is 0 Å². The minimum absolute atomic E-state index is 0.00524. The van der Waals surface area contributed by atoms with Gasteiger partial charge in [-0.2, -0.15) is 0 Å². The molecule has 1 aliphatic heterocycles. The van der Waals surface area contributed by atoms with Gasteiger partial charge in [0.2, 0.25) is 0 Å². The maximum atomic E-state index is 12.5. The Morgan fingerprint density at radius 1 is 1.47 bits per heavy atom. The maximum absolute atomic E-state index is 12.5. The number of morpholine rings is 1. The zero-order valence-corrected chi connectivity index (χ0v) is 13.5. The zero-order chi connectivity index (χ0) is 14.0. The minimum atomic E-state index is -0.103. The first-order valence-electron chi connectivity index (χ1n) is 5.97. The number of carbonyl (C=O) groups excluding carboxylic acids is 1. The van der Waals surface area contributed by atoms with E-state index in [0.29, 0.717) is 34.0 Å². The van der Waals surface area contributed by atoms with Crippen LogP contribution < -0.4 is 0 Å². The zero-order valence-electron chi connectivity index (χ0n) is 10.4. The predicted molar refractivity (Wildman–Crippen MR) is 80.5 cm³/mol. The molecule has 104 valence electrons. The number of benzene rings is 1. The van der Waals surface area contributed by atoms with Gasteiger partial charge in [0.15, 0.2) is 0 Å². The predicted octanol–water partition coefficient (Wildman–Crippen LogP) is 3.62. The van der Waals surface area contributed by atoms with E-state index in [2.05, 4.69) is 15.9 Å². The van der Waals surface area contributed by atoms with Gasteiger partial charge in [-0.3, -0.25) is 4.79 Å². The second-order valence-corrected chi connectivity index (χ2v) is 6.05. The van der Waals surface area contributed by atoms with Crippen molar-refractivity contribution >= 4 is 45.0 Å². The van der Waals surface area contributed by atoms with Crippen LogP contribution in [0.2, 0.25) is 10.0 Å². The van der Waals surface area contributed by atoms with Gasteiger partial charge in [0, 0.05) is 23.4 Å². The number of halogens is 3. The molecule has 1 fully saturated rings. The fraction of sp³-hybridized carbons (Fsp3) is 0.462. The molecule has 1 amide bonds.